The van der Waals surface area contributed by atoms with Gasteiger partial charge in [0.25, 0.3) is 0 Å². The van der Waals surface area contributed by atoms with Crippen LogP contribution < -0.4 is 4.74 Å². The fraction of sp³-hybridized carbons (Fsp3) is 0.424. The number of benzene rings is 3. The summed E-state index contributed by atoms with van der Waals surface area (Å²) in [5.41, 5.74) is 3.14. The van der Waals surface area contributed by atoms with Gasteiger partial charge in [0.05, 0.1) is 19.1 Å². The van der Waals surface area contributed by atoms with Crippen molar-refractivity contribution < 1.29 is 34.0 Å². The molecule has 2 saturated heterocycles. The fourth-order valence-corrected chi connectivity index (χ4v) is 6.80. The molecule has 230 valence electrons. The maximum Gasteiger partial charge on any atom is 0.226 e. The van der Waals surface area contributed by atoms with Crippen LogP contribution in [0.15, 0.2) is 65.6 Å². The maximum absolute atomic E-state index is 14.7. The summed E-state index contributed by atoms with van der Waals surface area (Å²) in [4.78, 5) is 14.7. The van der Waals surface area contributed by atoms with E-state index in [4.69, 9.17) is 21.1 Å². The van der Waals surface area contributed by atoms with Crippen LogP contribution in [-0.2, 0) is 22.4 Å². The minimum absolute atomic E-state index is 0.0240. The van der Waals surface area contributed by atoms with Crippen molar-refractivity contribution in [1.29, 1.82) is 0 Å². The Kier molecular flexibility index (Phi) is 10.6. The number of hydrogen-bond donors (Lipinski definition) is 3. The van der Waals surface area contributed by atoms with Gasteiger partial charge in [-0.05, 0) is 78.8 Å². The second kappa shape index (κ2) is 14.4. The first-order valence-corrected chi connectivity index (χ1v) is 16.0. The van der Waals surface area contributed by atoms with Gasteiger partial charge in [-0.3, -0.25) is 4.79 Å². The van der Waals surface area contributed by atoms with E-state index in [0.29, 0.717) is 34.1 Å². The molecule has 0 aliphatic carbocycles. The van der Waals surface area contributed by atoms with Crippen molar-refractivity contribution in [2.75, 3.05) is 25.4 Å². The molecule has 5 rings (SSSR count). The first-order chi connectivity index (χ1) is 20.7. The second-order valence-corrected chi connectivity index (χ2v) is 12.5. The van der Waals surface area contributed by atoms with E-state index < -0.39 is 36.3 Å². The zero-order chi connectivity index (χ0) is 30.5. The van der Waals surface area contributed by atoms with Crippen molar-refractivity contribution in [1.82, 2.24) is 4.90 Å². The van der Waals surface area contributed by atoms with Crippen molar-refractivity contribution in [3.05, 3.63) is 93.8 Å². The number of halogens is 2. The number of nitrogens with zero attached hydrogens (tertiary/aromatic N) is 1. The van der Waals surface area contributed by atoms with Crippen LogP contribution in [0.3, 0.4) is 0 Å². The highest BCUT2D eigenvalue weighted by molar-refractivity contribution is 7.99. The highest BCUT2D eigenvalue weighted by Crippen LogP contribution is 2.37. The molecule has 10 heteroatoms. The number of likely N-dealkylation sites (tertiary alicyclic amines) is 1. The lowest BCUT2D eigenvalue weighted by Gasteiger charge is -2.41. The molecule has 1 amide bonds. The molecule has 0 radical (unpaired) electrons. The molecular weight excluding hydrogens is 593 g/mol. The first kappa shape index (κ1) is 31.8. The predicted octanol–water partition coefficient (Wildman–Crippen LogP) is 4.95. The SMILES string of the molecule is CCOc1ccc(Cc2cc([C@@H]3O[C@H](CSc4cc(CC(=O)N5CCCC5)ccc4F)[C@@H](O)[C@H](O)[C@H]3O)ccc2Cl)cc1. The molecule has 0 spiro atoms. The predicted molar refractivity (Wildman–Crippen MR) is 164 cm³/mol. The van der Waals surface area contributed by atoms with E-state index in [9.17, 15) is 24.5 Å². The van der Waals surface area contributed by atoms with Crippen LogP contribution in [-0.4, -0.2) is 76.0 Å². The summed E-state index contributed by atoms with van der Waals surface area (Å²) in [5, 5.41) is 32.9. The third-order valence-corrected chi connectivity index (χ3v) is 9.44. The van der Waals surface area contributed by atoms with Crippen LogP contribution in [0.2, 0.25) is 5.02 Å². The van der Waals surface area contributed by atoms with Crippen molar-refractivity contribution in [2.24, 2.45) is 0 Å². The first-order valence-electron chi connectivity index (χ1n) is 14.6. The number of carbonyl (C=O) groups excluding carboxylic acids is 1. The molecular formula is C33H37ClFNO6S. The van der Waals surface area contributed by atoms with Crippen LogP contribution in [0, 0.1) is 5.82 Å². The number of rotatable bonds is 10. The summed E-state index contributed by atoms with van der Waals surface area (Å²) in [5.74, 6) is 0.481. The average Bonchev–Trinajstić information content (AvgIpc) is 3.55. The Morgan fingerprint density at radius 2 is 1.72 bits per heavy atom. The van der Waals surface area contributed by atoms with Gasteiger partial charge in [-0.1, -0.05) is 41.9 Å². The fourth-order valence-electron chi connectivity index (χ4n) is 5.55. The summed E-state index contributed by atoms with van der Waals surface area (Å²) >= 11 is 7.65. The van der Waals surface area contributed by atoms with Gasteiger partial charge >= 0.3 is 0 Å². The smallest absolute Gasteiger partial charge is 0.226 e. The van der Waals surface area contributed by atoms with Crippen LogP contribution in [0.1, 0.15) is 48.1 Å². The summed E-state index contributed by atoms with van der Waals surface area (Å²) in [7, 11) is 0. The maximum atomic E-state index is 14.7. The standard InChI is InChI=1S/C33H37ClFNO6S/c1-2-41-24-9-5-20(6-10-24)15-23-18-22(8-11-25(23)34)33-32(40)31(39)30(38)27(42-33)19-43-28-16-21(7-12-26(28)35)17-29(37)36-13-3-4-14-36/h5-12,16,18,27,30-33,38-40H,2-4,13-15,17,19H2,1H3/t27-,30-,31+,32-,33+/m1/s1. The lowest BCUT2D eigenvalue weighted by atomic mass is 9.90. The van der Waals surface area contributed by atoms with Crippen LogP contribution in [0.4, 0.5) is 4.39 Å². The molecule has 2 fully saturated rings. The Morgan fingerprint density at radius 1 is 1.00 bits per heavy atom. The zero-order valence-corrected chi connectivity index (χ0v) is 25.6. The third-order valence-electron chi connectivity index (χ3n) is 7.95. The van der Waals surface area contributed by atoms with Crippen LogP contribution in [0.5, 0.6) is 5.75 Å². The number of thioether (sulfide) groups is 1. The largest absolute Gasteiger partial charge is 0.494 e. The Balaban J connectivity index is 1.28. The molecule has 5 atom stereocenters. The Morgan fingerprint density at radius 3 is 2.44 bits per heavy atom. The van der Waals surface area contributed by atoms with Gasteiger partial charge in [-0.25, -0.2) is 4.39 Å². The lowest BCUT2D eigenvalue weighted by Crippen LogP contribution is -2.54. The van der Waals surface area contributed by atoms with E-state index in [1.165, 1.54) is 6.07 Å². The number of carbonyl (C=O) groups is 1. The number of aliphatic hydroxyl groups is 3. The summed E-state index contributed by atoms with van der Waals surface area (Å²) in [6.07, 6.45) is -3.33. The van der Waals surface area contributed by atoms with Crippen molar-refractivity contribution in [3.63, 3.8) is 0 Å². The molecule has 0 unspecified atom stereocenters. The number of aliphatic hydroxyl groups excluding tert-OH is 3. The zero-order valence-electron chi connectivity index (χ0n) is 24.0. The van der Waals surface area contributed by atoms with Crippen LogP contribution >= 0.6 is 23.4 Å². The van der Waals surface area contributed by atoms with Gasteiger partial charge in [0.1, 0.15) is 36.0 Å². The molecule has 3 aromatic rings. The van der Waals surface area contributed by atoms with E-state index in [1.807, 2.05) is 42.2 Å². The topological polar surface area (TPSA) is 99.5 Å². The number of amides is 1. The molecule has 3 N–H and O–H groups in total. The molecule has 43 heavy (non-hydrogen) atoms. The van der Waals surface area contributed by atoms with Gasteiger partial charge in [0.2, 0.25) is 5.91 Å². The normalized spacial score (nSPS) is 23.9. The van der Waals surface area contributed by atoms with Gasteiger partial charge in [-0.15, -0.1) is 11.8 Å². The Bertz CT molecular complexity index is 1400. The molecule has 0 aromatic heterocycles. The van der Waals surface area contributed by atoms with E-state index in [0.717, 1.165) is 54.6 Å². The van der Waals surface area contributed by atoms with Gasteiger partial charge < -0.3 is 29.7 Å². The van der Waals surface area contributed by atoms with E-state index in [-0.39, 0.29) is 18.1 Å². The quantitative estimate of drug-likeness (QED) is 0.273. The minimum Gasteiger partial charge on any atom is -0.494 e. The van der Waals surface area contributed by atoms with E-state index >= 15 is 0 Å². The molecule has 7 nitrogen and oxygen atoms in total. The molecule has 0 bridgehead atoms. The minimum atomic E-state index is -1.47. The highest BCUT2D eigenvalue weighted by atomic mass is 35.5. The summed E-state index contributed by atoms with van der Waals surface area (Å²) < 4.78 is 26.4. The molecule has 3 aromatic carbocycles. The van der Waals surface area contributed by atoms with Gasteiger partial charge in [0, 0.05) is 28.8 Å². The number of hydrogen-bond acceptors (Lipinski definition) is 7. The molecule has 2 aliphatic heterocycles. The number of ether oxygens (including phenoxy) is 2. The van der Waals surface area contributed by atoms with Crippen molar-refractivity contribution in [2.45, 2.75) is 68.0 Å². The molecule has 0 saturated carbocycles. The van der Waals surface area contributed by atoms with E-state index in [2.05, 4.69) is 0 Å². The lowest BCUT2D eigenvalue weighted by molar-refractivity contribution is -0.218. The Hall–Kier alpha value is -2.66. The summed E-state index contributed by atoms with van der Waals surface area (Å²) in [6, 6.07) is 17.6. The molecule has 2 aliphatic rings. The van der Waals surface area contributed by atoms with Crippen molar-refractivity contribution >= 4 is 29.3 Å². The van der Waals surface area contributed by atoms with Gasteiger partial charge in [-0.2, -0.15) is 0 Å². The highest BCUT2D eigenvalue weighted by Gasteiger charge is 2.44. The Labute approximate surface area is 260 Å². The second-order valence-electron chi connectivity index (χ2n) is 11.0. The van der Waals surface area contributed by atoms with Gasteiger partial charge in [0.15, 0.2) is 0 Å². The van der Waals surface area contributed by atoms with Crippen molar-refractivity contribution in [3.8, 4) is 5.75 Å². The van der Waals surface area contributed by atoms with Crippen LogP contribution in [0.25, 0.3) is 0 Å². The average molecular weight is 630 g/mol. The molecule has 2 heterocycles. The monoisotopic (exact) mass is 629 g/mol. The van der Waals surface area contributed by atoms with E-state index in [1.54, 1.807) is 24.3 Å². The summed E-state index contributed by atoms with van der Waals surface area (Å²) in [6.45, 7) is 4.02. The third kappa shape index (κ3) is 7.71.